The highest BCUT2D eigenvalue weighted by Crippen LogP contribution is 2.41. The summed E-state index contributed by atoms with van der Waals surface area (Å²) < 4.78 is 6.38. The van der Waals surface area contributed by atoms with Gasteiger partial charge in [-0.2, -0.15) is 0 Å². The Labute approximate surface area is 179 Å². The lowest BCUT2D eigenvalue weighted by molar-refractivity contribution is 0.158. The molecule has 1 atom stereocenters. The third kappa shape index (κ3) is 7.12. The van der Waals surface area contributed by atoms with Crippen molar-refractivity contribution in [2.45, 2.75) is 124 Å². The van der Waals surface area contributed by atoms with E-state index in [1.807, 2.05) is 13.8 Å². The van der Waals surface area contributed by atoms with Crippen molar-refractivity contribution in [1.82, 2.24) is 0 Å². The summed E-state index contributed by atoms with van der Waals surface area (Å²) >= 11 is 0. The summed E-state index contributed by atoms with van der Waals surface area (Å²) in [6, 6.07) is 0. The maximum atomic E-state index is 11.2. The SMILES string of the molecule is Cc1c(C)c2c(c(C)c1N=O)CC[C@@H](CCCCCCCCCCCC(C)C)O2. The predicted octanol–water partition coefficient (Wildman–Crippen LogP) is 8.65. The Balaban J connectivity index is 1.62. The molecule has 3 heteroatoms. The molecule has 1 aliphatic heterocycles. The van der Waals surface area contributed by atoms with Gasteiger partial charge in [0.25, 0.3) is 0 Å². The van der Waals surface area contributed by atoms with E-state index in [1.165, 1.54) is 69.8 Å². The Bertz CT molecular complexity index is 651. The first-order valence-electron chi connectivity index (χ1n) is 12.1. The van der Waals surface area contributed by atoms with E-state index in [0.717, 1.165) is 47.6 Å². The van der Waals surface area contributed by atoms with Gasteiger partial charge in [-0.1, -0.05) is 71.6 Å². The molecular formula is C26H43NO2. The molecule has 29 heavy (non-hydrogen) atoms. The van der Waals surface area contributed by atoms with Crippen LogP contribution in [0.3, 0.4) is 0 Å². The van der Waals surface area contributed by atoms with E-state index < -0.39 is 0 Å². The fraction of sp³-hybridized carbons (Fsp3) is 0.769. The molecule has 1 aromatic carbocycles. The van der Waals surface area contributed by atoms with Crippen molar-refractivity contribution < 1.29 is 4.74 Å². The quantitative estimate of drug-likeness (QED) is 0.245. The van der Waals surface area contributed by atoms with Gasteiger partial charge in [0.15, 0.2) is 0 Å². The number of fused-ring (bicyclic) bond motifs is 1. The lowest BCUT2D eigenvalue weighted by Gasteiger charge is -2.30. The summed E-state index contributed by atoms with van der Waals surface area (Å²) in [4.78, 5) is 11.2. The summed E-state index contributed by atoms with van der Waals surface area (Å²) in [7, 11) is 0. The van der Waals surface area contributed by atoms with Crippen LogP contribution in [0.1, 0.15) is 113 Å². The van der Waals surface area contributed by atoms with Gasteiger partial charge < -0.3 is 4.74 Å². The number of unbranched alkanes of at least 4 members (excludes halogenated alkanes) is 8. The van der Waals surface area contributed by atoms with Gasteiger partial charge in [0.05, 0.1) is 6.10 Å². The van der Waals surface area contributed by atoms with Crippen LogP contribution in [-0.2, 0) is 6.42 Å². The Kier molecular flexibility index (Phi) is 10.2. The van der Waals surface area contributed by atoms with E-state index >= 15 is 0 Å². The third-order valence-corrected chi connectivity index (χ3v) is 6.74. The molecule has 0 aromatic heterocycles. The smallest absolute Gasteiger partial charge is 0.126 e. The molecule has 0 N–H and O–H groups in total. The van der Waals surface area contributed by atoms with Crippen LogP contribution in [0, 0.1) is 31.6 Å². The summed E-state index contributed by atoms with van der Waals surface area (Å²) in [5.41, 5.74) is 4.90. The predicted molar refractivity (Wildman–Crippen MR) is 124 cm³/mol. The molecule has 0 unspecified atom stereocenters. The highest BCUT2D eigenvalue weighted by molar-refractivity contribution is 5.64. The second-order valence-corrected chi connectivity index (χ2v) is 9.55. The Morgan fingerprint density at radius 2 is 1.45 bits per heavy atom. The zero-order valence-corrected chi connectivity index (χ0v) is 19.6. The summed E-state index contributed by atoms with van der Waals surface area (Å²) in [6.45, 7) is 10.7. The summed E-state index contributed by atoms with van der Waals surface area (Å²) in [5, 5.41) is 3.26. The summed E-state index contributed by atoms with van der Waals surface area (Å²) in [5.74, 6) is 1.89. The molecular weight excluding hydrogens is 358 g/mol. The first-order chi connectivity index (χ1) is 14.0. The molecule has 0 bridgehead atoms. The second-order valence-electron chi connectivity index (χ2n) is 9.55. The molecule has 0 radical (unpaired) electrons. The van der Waals surface area contributed by atoms with Gasteiger partial charge in [0, 0.05) is 0 Å². The van der Waals surface area contributed by atoms with E-state index in [9.17, 15) is 4.91 Å². The standard InChI is InChI=1S/C26H43NO2/c1-19(2)15-13-11-9-7-6-8-10-12-14-16-23-17-18-24-22(5)25(27-28)20(3)21(4)26(24)29-23/h19,23H,6-18H2,1-5H3/t23-/m1/s1. The van der Waals surface area contributed by atoms with Gasteiger partial charge >= 0.3 is 0 Å². The van der Waals surface area contributed by atoms with Crippen LogP contribution >= 0.6 is 0 Å². The molecule has 0 saturated carbocycles. The molecule has 0 aliphatic carbocycles. The van der Waals surface area contributed by atoms with Gasteiger partial charge in [-0.25, -0.2) is 0 Å². The zero-order chi connectivity index (χ0) is 21.2. The molecule has 1 aliphatic rings. The third-order valence-electron chi connectivity index (χ3n) is 6.74. The largest absolute Gasteiger partial charge is 0.490 e. The number of rotatable bonds is 13. The lowest BCUT2D eigenvalue weighted by Crippen LogP contribution is -2.24. The van der Waals surface area contributed by atoms with E-state index in [4.69, 9.17) is 4.74 Å². The van der Waals surface area contributed by atoms with Crippen molar-refractivity contribution >= 4 is 5.69 Å². The van der Waals surface area contributed by atoms with Crippen molar-refractivity contribution in [3.63, 3.8) is 0 Å². The molecule has 3 nitrogen and oxygen atoms in total. The number of hydrogen-bond donors (Lipinski definition) is 0. The van der Waals surface area contributed by atoms with Crippen LogP contribution in [0.25, 0.3) is 0 Å². The van der Waals surface area contributed by atoms with Crippen LogP contribution in [0.4, 0.5) is 5.69 Å². The minimum Gasteiger partial charge on any atom is -0.490 e. The van der Waals surface area contributed by atoms with Gasteiger partial charge in [-0.05, 0) is 79.8 Å². The number of benzene rings is 1. The Hall–Kier alpha value is -1.38. The van der Waals surface area contributed by atoms with Crippen molar-refractivity contribution in [2.75, 3.05) is 0 Å². The van der Waals surface area contributed by atoms with Crippen molar-refractivity contribution in [2.24, 2.45) is 11.1 Å². The van der Waals surface area contributed by atoms with Crippen molar-refractivity contribution in [3.8, 4) is 5.75 Å². The monoisotopic (exact) mass is 401 g/mol. The van der Waals surface area contributed by atoms with Crippen molar-refractivity contribution in [3.05, 3.63) is 27.2 Å². The molecule has 0 saturated heterocycles. The molecule has 1 heterocycles. The molecule has 0 amide bonds. The highest BCUT2D eigenvalue weighted by atomic mass is 16.5. The van der Waals surface area contributed by atoms with E-state index in [0.29, 0.717) is 11.8 Å². The number of nitroso groups, excluding NO2 is 1. The van der Waals surface area contributed by atoms with Crippen LogP contribution in [0.5, 0.6) is 5.75 Å². The minimum absolute atomic E-state index is 0.330. The van der Waals surface area contributed by atoms with E-state index in [1.54, 1.807) is 0 Å². The second kappa shape index (κ2) is 12.3. The van der Waals surface area contributed by atoms with Gasteiger partial charge in [0.1, 0.15) is 11.4 Å². The molecule has 1 aromatic rings. The average Bonchev–Trinajstić information content (AvgIpc) is 2.70. The topological polar surface area (TPSA) is 38.7 Å². The van der Waals surface area contributed by atoms with Gasteiger partial charge in [0.2, 0.25) is 0 Å². The highest BCUT2D eigenvalue weighted by Gasteiger charge is 2.26. The maximum Gasteiger partial charge on any atom is 0.126 e. The lowest BCUT2D eigenvalue weighted by atomic mass is 9.90. The minimum atomic E-state index is 0.330. The fourth-order valence-electron chi connectivity index (χ4n) is 4.66. The fourth-order valence-corrected chi connectivity index (χ4v) is 4.66. The number of hydrogen-bond acceptors (Lipinski definition) is 3. The van der Waals surface area contributed by atoms with Crippen LogP contribution < -0.4 is 4.74 Å². The number of nitrogens with zero attached hydrogens (tertiary/aromatic N) is 1. The molecule has 164 valence electrons. The Morgan fingerprint density at radius 1 is 0.862 bits per heavy atom. The molecule has 0 fully saturated rings. The van der Waals surface area contributed by atoms with E-state index in [2.05, 4.69) is 25.9 Å². The summed E-state index contributed by atoms with van der Waals surface area (Å²) in [6.07, 6.45) is 17.3. The van der Waals surface area contributed by atoms with Crippen LogP contribution in [0.15, 0.2) is 5.18 Å². The van der Waals surface area contributed by atoms with Gasteiger partial charge in [-0.15, -0.1) is 4.91 Å². The number of ether oxygens (including phenoxy) is 1. The molecule has 2 rings (SSSR count). The molecule has 0 spiro atoms. The Morgan fingerprint density at radius 3 is 2.03 bits per heavy atom. The average molecular weight is 402 g/mol. The van der Waals surface area contributed by atoms with Crippen LogP contribution in [0.2, 0.25) is 0 Å². The van der Waals surface area contributed by atoms with E-state index in [-0.39, 0.29) is 0 Å². The first-order valence-corrected chi connectivity index (χ1v) is 12.1. The van der Waals surface area contributed by atoms with Gasteiger partial charge in [-0.3, -0.25) is 0 Å². The normalized spacial score (nSPS) is 16.0. The zero-order valence-electron chi connectivity index (χ0n) is 19.6. The van der Waals surface area contributed by atoms with Crippen molar-refractivity contribution in [1.29, 1.82) is 0 Å². The first kappa shape index (κ1) is 23.9. The van der Waals surface area contributed by atoms with Crippen LogP contribution in [-0.4, -0.2) is 6.10 Å². The maximum absolute atomic E-state index is 11.2.